The van der Waals surface area contributed by atoms with Crippen LogP contribution >= 0.6 is 24.6 Å². The fourth-order valence-electron chi connectivity index (χ4n) is 1.01. The summed E-state index contributed by atoms with van der Waals surface area (Å²) < 4.78 is 0. The molecule has 0 aromatic carbocycles. The Morgan fingerprint density at radius 3 is 2.81 bits per heavy atom. The second-order valence-corrected chi connectivity index (χ2v) is 3.83. The molecule has 0 radical (unpaired) electrons. The SMILES string of the molecule is CN(C)CCNC(=S)Nc1cccnc1.Cl. The summed E-state index contributed by atoms with van der Waals surface area (Å²) in [5.41, 5.74) is 0.903. The molecule has 0 aliphatic rings. The summed E-state index contributed by atoms with van der Waals surface area (Å²) in [5, 5.41) is 6.80. The first-order valence-electron chi connectivity index (χ1n) is 4.78. The maximum absolute atomic E-state index is 5.12. The fraction of sp³-hybridized carbons (Fsp3) is 0.400. The van der Waals surface area contributed by atoms with Gasteiger partial charge in [-0.3, -0.25) is 4.98 Å². The van der Waals surface area contributed by atoms with Crippen molar-refractivity contribution in [3.63, 3.8) is 0 Å². The van der Waals surface area contributed by atoms with E-state index in [1.807, 2.05) is 26.2 Å². The molecule has 2 N–H and O–H groups in total. The molecule has 1 heterocycles. The number of anilines is 1. The van der Waals surface area contributed by atoms with Crippen molar-refractivity contribution in [2.75, 3.05) is 32.5 Å². The molecule has 0 fully saturated rings. The van der Waals surface area contributed by atoms with Crippen LogP contribution in [0.2, 0.25) is 0 Å². The molecule has 1 rings (SSSR count). The Balaban J connectivity index is 0.00000225. The predicted octanol–water partition coefficient (Wildman–Crippen LogP) is 1.35. The highest BCUT2D eigenvalue weighted by Crippen LogP contribution is 2.01. The van der Waals surface area contributed by atoms with Crippen LogP contribution in [0, 0.1) is 0 Å². The Bertz CT molecular complexity index is 305. The number of thiocarbonyl (C=S) groups is 1. The molecule has 6 heteroatoms. The van der Waals surface area contributed by atoms with Crippen molar-refractivity contribution in [2.24, 2.45) is 0 Å². The number of hydrogen-bond donors (Lipinski definition) is 2. The number of nitrogens with one attached hydrogen (secondary N) is 2. The minimum absolute atomic E-state index is 0. The molecular weight excluding hydrogens is 244 g/mol. The zero-order chi connectivity index (χ0) is 11.1. The van der Waals surface area contributed by atoms with Crippen LogP contribution in [-0.4, -0.2) is 42.2 Å². The van der Waals surface area contributed by atoms with Crippen LogP contribution in [0.3, 0.4) is 0 Å². The quantitative estimate of drug-likeness (QED) is 0.800. The van der Waals surface area contributed by atoms with Crippen LogP contribution in [0.15, 0.2) is 24.5 Å². The van der Waals surface area contributed by atoms with E-state index in [1.54, 1.807) is 12.4 Å². The van der Waals surface area contributed by atoms with Crippen molar-refractivity contribution in [1.82, 2.24) is 15.2 Å². The van der Waals surface area contributed by atoms with E-state index in [9.17, 15) is 0 Å². The first kappa shape index (κ1) is 15.1. The lowest BCUT2D eigenvalue weighted by Gasteiger charge is -2.12. The highest BCUT2D eigenvalue weighted by molar-refractivity contribution is 7.80. The molecule has 0 atom stereocenters. The average Bonchev–Trinajstić information content (AvgIpc) is 2.18. The van der Waals surface area contributed by atoms with Crippen LogP contribution in [0.5, 0.6) is 0 Å². The molecule has 0 bridgehead atoms. The number of aromatic nitrogens is 1. The average molecular weight is 261 g/mol. The van der Waals surface area contributed by atoms with E-state index in [-0.39, 0.29) is 12.4 Å². The molecule has 0 spiro atoms. The second kappa shape index (κ2) is 8.27. The Morgan fingerprint density at radius 2 is 2.25 bits per heavy atom. The maximum atomic E-state index is 5.12. The van der Waals surface area contributed by atoms with E-state index in [0.29, 0.717) is 5.11 Å². The zero-order valence-corrected chi connectivity index (χ0v) is 11.1. The number of likely N-dealkylation sites (N-methyl/N-ethyl adjacent to an activating group) is 1. The van der Waals surface area contributed by atoms with Gasteiger partial charge in [-0.15, -0.1) is 12.4 Å². The van der Waals surface area contributed by atoms with Crippen molar-refractivity contribution in [3.05, 3.63) is 24.5 Å². The highest BCUT2D eigenvalue weighted by atomic mass is 35.5. The summed E-state index contributed by atoms with van der Waals surface area (Å²) in [6.45, 7) is 1.79. The minimum Gasteiger partial charge on any atom is -0.361 e. The van der Waals surface area contributed by atoms with E-state index >= 15 is 0 Å². The number of rotatable bonds is 4. The fourth-order valence-corrected chi connectivity index (χ4v) is 1.22. The van der Waals surface area contributed by atoms with Gasteiger partial charge < -0.3 is 15.5 Å². The summed E-state index contributed by atoms with van der Waals surface area (Å²) in [6, 6.07) is 3.79. The first-order valence-corrected chi connectivity index (χ1v) is 5.19. The zero-order valence-electron chi connectivity index (χ0n) is 9.43. The molecule has 16 heavy (non-hydrogen) atoms. The summed E-state index contributed by atoms with van der Waals surface area (Å²) in [5.74, 6) is 0. The van der Waals surface area contributed by atoms with Gasteiger partial charge in [0.05, 0.1) is 11.9 Å². The van der Waals surface area contributed by atoms with Crippen LogP contribution in [-0.2, 0) is 0 Å². The van der Waals surface area contributed by atoms with E-state index < -0.39 is 0 Å². The van der Waals surface area contributed by atoms with Gasteiger partial charge in [-0.2, -0.15) is 0 Å². The summed E-state index contributed by atoms with van der Waals surface area (Å²) in [4.78, 5) is 6.09. The molecule has 1 aromatic heterocycles. The first-order chi connectivity index (χ1) is 7.18. The molecule has 1 aromatic rings. The molecule has 0 saturated heterocycles. The van der Waals surface area contributed by atoms with Gasteiger partial charge in [-0.25, -0.2) is 0 Å². The van der Waals surface area contributed by atoms with Gasteiger partial charge in [0.15, 0.2) is 5.11 Å². The Labute approximate surface area is 108 Å². The van der Waals surface area contributed by atoms with E-state index in [2.05, 4.69) is 20.5 Å². The van der Waals surface area contributed by atoms with E-state index in [1.165, 1.54) is 0 Å². The van der Waals surface area contributed by atoms with Gasteiger partial charge in [0.2, 0.25) is 0 Å². The van der Waals surface area contributed by atoms with Gasteiger partial charge >= 0.3 is 0 Å². The van der Waals surface area contributed by atoms with Crippen molar-refractivity contribution in [3.8, 4) is 0 Å². The van der Waals surface area contributed by atoms with Gasteiger partial charge in [0.25, 0.3) is 0 Å². The molecule has 0 unspecified atom stereocenters. The Hall–Kier alpha value is -0.910. The van der Waals surface area contributed by atoms with Crippen LogP contribution in [0.4, 0.5) is 5.69 Å². The lowest BCUT2D eigenvalue weighted by molar-refractivity contribution is 0.413. The molecule has 90 valence electrons. The molecule has 0 aliphatic heterocycles. The third-order valence-electron chi connectivity index (χ3n) is 1.76. The molecule has 0 aliphatic carbocycles. The predicted molar refractivity (Wildman–Crippen MR) is 74.3 cm³/mol. The number of hydrogen-bond acceptors (Lipinski definition) is 3. The number of halogens is 1. The van der Waals surface area contributed by atoms with Gasteiger partial charge in [0.1, 0.15) is 0 Å². The molecule has 0 saturated carbocycles. The number of nitrogens with zero attached hydrogens (tertiary/aromatic N) is 2. The van der Waals surface area contributed by atoms with Gasteiger partial charge in [-0.1, -0.05) is 0 Å². The van der Waals surface area contributed by atoms with E-state index in [4.69, 9.17) is 12.2 Å². The van der Waals surface area contributed by atoms with Crippen molar-refractivity contribution in [2.45, 2.75) is 0 Å². The lowest BCUT2D eigenvalue weighted by atomic mass is 10.4. The van der Waals surface area contributed by atoms with E-state index in [0.717, 1.165) is 18.8 Å². The van der Waals surface area contributed by atoms with Crippen LogP contribution in [0.25, 0.3) is 0 Å². The summed E-state index contributed by atoms with van der Waals surface area (Å²) >= 11 is 5.12. The maximum Gasteiger partial charge on any atom is 0.170 e. The summed E-state index contributed by atoms with van der Waals surface area (Å²) in [7, 11) is 4.05. The third-order valence-corrected chi connectivity index (χ3v) is 2.01. The smallest absolute Gasteiger partial charge is 0.170 e. The molecule has 0 amide bonds. The Morgan fingerprint density at radius 1 is 1.50 bits per heavy atom. The van der Waals surface area contributed by atoms with Crippen molar-refractivity contribution in [1.29, 1.82) is 0 Å². The second-order valence-electron chi connectivity index (χ2n) is 3.43. The summed E-state index contributed by atoms with van der Waals surface area (Å²) in [6.07, 6.45) is 3.47. The normalized spacial score (nSPS) is 9.44. The monoisotopic (exact) mass is 260 g/mol. The molecule has 4 nitrogen and oxygen atoms in total. The molecular formula is C10H17ClN4S. The topological polar surface area (TPSA) is 40.2 Å². The Kier molecular flexibility index (Phi) is 7.80. The van der Waals surface area contributed by atoms with Gasteiger partial charge in [-0.05, 0) is 38.4 Å². The van der Waals surface area contributed by atoms with Crippen LogP contribution in [0.1, 0.15) is 0 Å². The minimum atomic E-state index is 0. The van der Waals surface area contributed by atoms with Gasteiger partial charge in [0, 0.05) is 19.3 Å². The van der Waals surface area contributed by atoms with Crippen molar-refractivity contribution < 1.29 is 0 Å². The largest absolute Gasteiger partial charge is 0.361 e. The lowest BCUT2D eigenvalue weighted by Crippen LogP contribution is -2.34. The standard InChI is InChI=1S/C10H16N4S.ClH/c1-14(2)7-6-12-10(15)13-9-4-3-5-11-8-9;/h3-5,8H,6-7H2,1-2H3,(H2,12,13,15);1H. The number of pyridine rings is 1. The van der Waals surface area contributed by atoms with Crippen molar-refractivity contribution >= 4 is 35.4 Å². The van der Waals surface area contributed by atoms with Crippen LogP contribution < -0.4 is 10.6 Å². The highest BCUT2D eigenvalue weighted by Gasteiger charge is 1.96. The third kappa shape index (κ3) is 6.55.